The monoisotopic (exact) mass is 251 g/mol. The van der Waals surface area contributed by atoms with Gasteiger partial charge in [-0.15, -0.1) is 0 Å². The lowest BCUT2D eigenvalue weighted by molar-refractivity contribution is 0.0734. The third-order valence-electron chi connectivity index (χ3n) is 2.77. The smallest absolute Gasteiger partial charge is 0.343 e. The van der Waals surface area contributed by atoms with Crippen molar-refractivity contribution < 1.29 is 9.53 Å². The molecule has 0 aliphatic rings. The lowest BCUT2D eigenvalue weighted by Gasteiger charge is -2.05. The van der Waals surface area contributed by atoms with E-state index in [0.717, 1.165) is 6.42 Å². The van der Waals surface area contributed by atoms with Crippen LogP contribution in [0.15, 0.2) is 48.5 Å². The van der Waals surface area contributed by atoms with Crippen molar-refractivity contribution in [2.24, 2.45) is 0 Å². The first-order valence-electron chi connectivity index (χ1n) is 6.04. The fourth-order valence-corrected chi connectivity index (χ4v) is 1.67. The molecule has 0 radical (unpaired) electrons. The van der Waals surface area contributed by atoms with Crippen LogP contribution in [-0.4, -0.2) is 5.97 Å². The van der Waals surface area contributed by atoms with Crippen molar-refractivity contribution >= 4 is 5.97 Å². The van der Waals surface area contributed by atoms with E-state index in [4.69, 9.17) is 10.00 Å². The first-order valence-corrected chi connectivity index (χ1v) is 6.04. The minimum Gasteiger partial charge on any atom is -0.423 e. The van der Waals surface area contributed by atoms with Gasteiger partial charge in [0.2, 0.25) is 0 Å². The average Bonchev–Trinajstić information content (AvgIpc) is 2.48. The summed E-state index contributed by atoms with van der Waals surface area (Å²) in [6, 6.07) is 15.8. The number of ether oxygens (including phenoxy) is 1. The van der Waals surface area contributed by atoms with Gasteiger partial charge in [0.1, 0.15) is 5.75 Å². The Labute approximate surface area is 112 Å². The zero-order valence-corrected chi connectivity index (χ0v) is 10.6. The van der Waals surface area contributed by atoms with Gasteiger partial charge in [0.05, 0.1) is 17.2 Å². The van der Waals surface area contributed by atoms with Gasteiger partial charge in [-0.3, -0.25) is 0 Å². The van der Waals surface area contributed by atoms with Gasteiger partial charge in [0.15, 0.2) is 0 Å². The zero-order chi connectivity index (χ0) is 13.7. The molecule has 2 rings (SSSR count). The molecule has 0 bridgehead atoms. The normalized spacial score (nSPS) is 9.68. The quantitative estimate of drug-likeness (QED) is 0.621. The number of esters is 1. The highest BCUT2D eigenvalue weighted by molar-refractivity contribution is 5.91. The number of carbonyl (C=O) groups is 1. The van der Waals surface area contributed by atoms with Crippen molar-refractivity contribution in [2.45, 2.75) is 13.3 Å². The predicted octanol–water partition coefficient (Wildman–Crippen LogP) is 3.34. The summed E-state index contributed by atoms with van der Waals surface area (Å²) in [7, 11) is 0. The highest BCUT2D eigenvalue weighted by atomic mass is 16.5. The second-order valence-electron chi connectivity index (χ2n) is 4.08. The number of hydrogen-bond acceptors (Lipinski definition) is 3. The maximum atomic E-state index is 11.9. The first-order chi connectivity index (χ1) is 9.22. The molecule has 0 amide bonds. The van der Waals surface area contributed by atoms with E-state index in [-0.39, 0.29) is 0 Å². The molecule has 3 heteroatoms. The molecule has 0 atom stereocenters. The van der Waals surface area contributed by atoms with E-state index in [9.17, 15) is 4.79 Å². The van der Waals surface area contributed by atoms with Crippen molar-refractivity contribution in [1.29, 1.82) is 5.26 Å². The van der Waals surface area contributed by atoms with E-state index in [1.165, 1.54) is 11.6 Å². The molecule has 2 aromatic carbocycles. The second kappa shape index (κ2) is 5.83. The second-order valence-corrected chi connectivity index (χ2v) is 4.08. The number of carbonyl (C=O) groups excluding carboxylic acids is 1. The van der Waals surface area contributed by atoms with Gasteiger partial charge in [0.25, 0.3) is 0 Å². The zero-order valence-electron chi connectivity index (χ0n) is 10.6. The van der Waals surface area contributed by atoms with Crippen LogP contribution in [-0.2, 0) is 6.42 Å². The molecule has 0 spiro atoms. The van der Waals surface area contributed by atoms with Crippen molar-refractivity contribution in [3.8, 4) is 11.8 Å². The lowest BCUT2D eigenvalue weighted by atomic mass is 10.1. The van der Waals surface area contributed by atoms with Crippen LogP contribution in [0.1, 0.15) is 28.4 Å². The Morgan fingerprint density at radius 3 is 2.58 bits per heavy atom. The van der Waals surface area contributed by atoms with Gasteiger partial charge >= 0.3 is 5.97 Å². The number of hydrogen-bond donors (Lipinski definition) is 0. The van der Waals surface area contributed by atoms with Crippen molar-refractivity contribution in [3.05, 3.63) is 65.2 Å². The molecule has 0 heterocycles. The third kappa shape index (κ3) is 3.20. The van der Waals surface area contributed by atoms with E-state index in [1.54, 1.807) is 30.3 Å². The van der Waals surface area contributed by atoms with Crippen LogP contribution in [0, 0.1) is 11.3 Å². The number of nitriles is 1. The summed E-state index contributed by atoms with van der Waals surface area (Å²) < 4.78 is 5.25. The summed E-state index contributed by atoms with van der Waals surface area (Å²) in [5.74, 6) is 0.0471. The molecule has 0 unspecified atom stereocenters. The van der Waals surface area contributed by atoms with Crippen LogP contribution in [0.3, 0.4) is 0 Å². The maximum Gasteiger partial charge on any atom is 0.343 e. The summed E-state index contributed by atoms with van der Waals surface area (Å²) in [5.41, 5.74) is 2.00. The summed E-state index contributed by atoms with van der Waals surface area (Å²) >= 11 is 0. The molecule has 0 aliphatic carbocycles. The van der Waals surface area contributed by atoms with Crippen molar-refractivity contribution in [1.82, 2.24) is 0 Å². The molecule has 0 saturated carbocycles. The van der Waals surface area contributed by atoms with E-state index < -0.39 is 5.97 Å². The van der Waals surface area contributed by atoms with Gasteiger partial charge in [0, 0.05) is 0 Å². The minimum absolute atomic E-state index is 0.374. The van der Waals surface area contributed by atoms with Gasteiger partial charge in [-0.1, -0.05) is 25.1 Å². The SMILES string of the molecule is CCc1ccc(OC(=O)c2cccc(C#N)c2)cc1. The molecule has 19 heavy (non-hydrogen) atoms. The topological polar surface area (TPSA) is 50.1 Å². The molecule has 0 saturated heterocycles. The van der Waals surface area contributed by atoms with Crippen LogP contribution in [0.25, 0.3) is 0 Å². The number of benzene rings is 2. The Bertz CT molecular complexity index is 624. The molecular weight excluding hydrogens is 238 g/mol. The predicted molar refractivity (Wildman–Crippen MR) is 71.9 cm³/mol. The average molecular weight is 251 g/mol. The van der Waals surface area contributed by atoms with Gasteiger partial charge in [-0.25, -0.2) is 4.79 Å². The summed E-state index contributed by atoms with van der Waals surface area (Å²) in [5, 5.41) is 8.79. The lowest BCUT2D eigenvalue weighted by Crippen LogP contribution is -2.08. The van der Waals surface area contributed by atoms with Crippen molar-refractivity contribution in [2.75, 3.05) is 0 Å². The number of aryl methyl sites for hydroxylation is 1. The maximum absolute atomic E-state index is 11.9. The van der Waals surface area contributed by atoms with Crippen molar-refractivity contribution in [3.63, 3.8) is 0 Å². The molecule has 2 aromatic rings. The van der Waals surface area contributed by atoms with Gasteiger partial charge in [-0.05, 0) is 42.3 Å². The summed E-state index contributed by atoms with van der Waals surface area (Å²) in [6.45, 7) is 2.06. The first kappa shape index (κ1) is 12.8. The van der Waals surface area contributed by atoms with Gasteiger partial charge in [-0.2, -0.15) is 5.26 Å². The van der Waals surface area contributed by atoms with E-state index >= 15 is 0 Å². The highest BCUT2D eigenvalue weighted by Crippen LogP contribution is 2.15. The molecule has 0 aliphatic heterocycles. The standard InChI is InChI=1S/C16H13NO2/c1-2-12-6-8-15(9-7-12)19-16(18)14-5-3-4-13(10-14)11-17/h3-10H,2H2,1H3. The molecule has 3 nitrogen and oxygen atoms in total. The number of rotatable bonds is 3. The number of nitrogens with zero attached hydrogens (tertiary/aromatic N) is 1. The Morgan fingerprint density at radius 2 is 1.95 bits per heavy atom. The molecule has 0 N–H and O–H groups in total. The molecule has 0 fully saturated rings. The Balaban J connectivity index is 2.13. The van der Waals surface area contributed by atoms with E-state index in [1.807, 2.05) is 18.2 Å². The molecular formula is C16H13NO2. The molecule has 0 aromatic heterocycles. The fourth-order valence-electron chi connectivity index (χ4n) is 1.67. The third-order valence-corrected chi connectivity index (χ3v) is 2.77. The fraction of sp³-hybridized carbons (Fsp3) is 0.125. The van der Waals surface area contributed by atoms with Crippen LogP contribution in [0.4, 0.5) is 0 Å². The van der Waals surface area contributed by atoms with Gasteiger partial charge < -0.3 is 4.74 Å². The summed E-state index contributed by atoms with van der Waals surface area (Å²) in [6.07, 6.45) is 0.943. The van der Waals surface area contributed by atoms with E-state index in [2.05, 4.69) is 6.92 Å². The Morgan fingerprint density at radius 1 is 1.21 bits per heavy atom. The Hall–Kier alpha value is -2.60. The minimum atomic E-state index is -0.457. The van der Waals surface area contributed by atoms with E-state index in [0.29, 0.717) is 16.9 Å². The van der Waals surface area contributed by atoms with Crippen LogP contribution in [0.5, 0.6) is 5.75 Å². The Kier molecular flexibility index (Phi) is 3.94. The van der Waals surface area contributed by atoms with Crippen LogP contribution in [0.2, 0.25) is 0 Å². The highest BCUT2D eigenvalue weighted by Gasteiger charge is 2.09. The largest absolute Gasteiger partial charge is 0.423 e. The summed E-state index contributed by atoms with van der Waals surface area (Å²) in [4.78, 5) is 11.9. The molecule has 94 valence electrons. The van der Waals surface area contributed by atoms with Crippen LogP contribution >= 0.6 is 0 Å². The van der Waals surface area contributed by atoms with Crippen LogP contribution < -0.4 is 4.74 Å².